The Kier molecular flexibility index (Phi) is 5.59. The lowest BCUT2D eigenvalue weighted by molar-refractivity contribution is 0.852. The zero-order chi connectivity index (χ0) is 15.6. The first kappa shape index (κ1) is 16.7. The number of nitrogens with one attached hydrogen (secondary N) is 1. The molecule has 0 aromatic heterocycles. The molecular formula is C17H18BrCl2N. The fraction of sp³-hybridized carbons (Fsp3) is 0.294. The molecule has 0 spiro atoms. The Morgan fingerprint density at radius 3 is 2.00 bits per heavy atom. The Morgan fingerprint density at radius 2 is 1.43 bits per heavy atom. The van der Waals surface area contributed by atoms with Crippen LogP contribution in [0.3, 0.4) is 0 Å². The van der Waals surface area contributed by atoms with E-state index in [9.17, 15) is 0 Å². The largest absolute Gasteiger partial charge is 0.377 e. The predicted octanol–water partition coefficient (Wildman–Crippen LogP) is 7.05. The summed E-state index contributed by atoms with van der Waals surface area (Å²) in [5.41, 5.74) is 3.40. The van der Waals surface area contributed by atoms with Crippen LogP contribution in [-0.2, 0) is 0 Å². The quantitative estimate of drug-likeness (QED) is 0.554. The molecule has 1 unspecified atom stereocenters. The van der Waals surface area contributed by atoms with E-state index in [1.54, 1.807) is 0 Å². The second-order valence-corrected chi connectivity index (χ2v) is 7.02. The second kappa shape index (κ2) is 7.04. The third-order valence-corrected chi connectivity index (χ3v) is 5.28. The van der Waals surface area contributed by atoms with Crippen molar-refractivity contribution in [1.29, 1.82) is 0 Å². The van der Waals surface area contributed by atoms with Gasteiger partial charge in [0, 0.05) is 10.5 Å². The Morgan fingerprint density at radius 1 is 0.857 bits per heavy atom. The molecule has 0 saturated carbocycles. The molecule has 0 saturated heterocycles. The molecule has 1 atom stereocenters. The first-order valence-corrected chi connectivity index (χ1v) is 8.45. The SMILES string of the molecule is CC(C)c1ccc(C(C)Nc2ccc(Br)c(Cl)c2Cl)cc1. The maximum absolute atomic E-state index is 6.27. The van der Waals surface area contributed by atoms with Gasteiger partial charge in [0.2, 0.25) is 0 Å². The number of anilines is 1. The maximum Gasteiger partial charge on any atom is 0.0835 e. The van der Waals surface area contributed by atoms with Crippen molar-refractivity contribution in [3.8, 4) is 0 Å². The summed E-state index contributed by atoms with van der Waals surface area (Å²) in [6.07, 6.45) is 0. The fourth-order valence-electron chi connectivity index (χ4n) is 2.12. The van der Waals surface area contributed by atoms with Gasteiger partial charge in [-0.05, 0) is 52.0 Å². The van der Waals surface area contributed by atoms with Crippen molar-refractivity contribution in [1.82, 2.24) is 0 Å². The van der Waals surface area contributed by atoms with Gasteiger partial charge in [-0.1, -0.05) is 61.3 Å². The van der Waals surface area contributed by atoms with E-state index in [0.717, 1.165) is 10.2 Å². The average molecular weight is 387 g/mol. The van der Waals surface area contributed by atoms with Gasteiger partial charge in [0.1, 0.15) is 0 Å². The zero-order valence-electron chi connectivity index (χ0n) is 12.3. The topological polar surface area (TPSA) is 12.0 Å². The minimum absolute atomic E-state index is 0.154. The minimum atomic E-state index is 0.154. The Bertz CT molecular complexity index is 623. The van der Waals surface area contributed by atoms with Crippen LogP contribution in [0.15, 0.2) is 40.9 Å². The number of rotatable bonds is 4. The number of benzene rings is 2. The first-order chi connectivity index (χ1) is 9.90. The smallest absolute Gasteiger partial charge is 0.0835 e. The molecule has 21 heavy (non-hydrogen) atoms. The van der Waals surface area contributed by atoms with Gasteiger partial charge in [-0.25, -0.2) is 0 Å². The Hall–Kier alpha value is -0.700. The molecule has 4 heteroatoms. The van der Waals surface area contributed by atoms with Crippen LogP contribution in [0.5, 0.6) is 0 Å². The van der Waals surface area contributed by atoms with Crippen molar-refractivity contribution in [3.63, 3.8) is 0 Å². The normalized spacial score (nSPS) is 12.5. The van der Waals surface area contributed by atoms with Gasteiger partial charge >= 0.3 is 0 Å². The highest BCUT2D eigenvalue weighted by Crippen LogP contribution is 2.37. The number of hydrogen-bond acceptors (Lipinski definition) is 1. The van der Waals surface area contributed by atoms with Gasteiger partial charge in [0.25, 0.3) is 0 Å². The first-order valence-electron chi connectivity index (χ1n) is 6.90. The van der Waals surface area contributed by atoms with E-state index in [1.807, 2.05) is 12.1 Å². The van der Waals surface area contributed by atoms with E-state index in [-0.39, 0.29) is 6.04 Å². The van der Waals surface area contributed by atoms with Crippen LogP contribution in [0.4, 0.5) is 5.69 Å². The molecule has 2 aromatic rings. The van der Waals surface area contributed by atoms with Crippen molar-refractivity contribution in [2.75, 3.05) is 5.32 Å². The highest BCUT2D eigenvalue weighted by molar-refractivity contribution is 9.10. The standard InChI is InChI=1S/C17H18BrCl2N/c1-10(2)12-4-6-13(7-5-12)11(3)21-15-9-8-14(18)16(19)17(15)20/h4-11,21H,1-3H3. The molecule has 2 rings (SSSR count). The van der Waals surface area contributed by atoms with Crippen molar-refractivity contribution in [3.05, 3.63) is 62.0 Å². The molecule has 1 nitrogen and oxygen atoms in total. The fourth-order valence-corrected chi connectivity index (χ4v) is 2.95. The molecule has 2 aromatic carbocycles. The van der Waals surface area contributed by atoms with E-state index in [0.29, 0.717) is 16.0 Å². The van der Waals surface area contributed by atoms with E-state index >= 15 is 0 Å². The van der Waals surface area contributed by atoms with Gasteiger partial charge in [0.15, 0.2) is 0 Å². The highest BCUT2D eigenvalue weighted by Gasteiger charge is 2.12. The summed E-state index contributed by atoms with van der Waals surface area (Å²) >= 11 is 15.8. The zero-order valence-corrected chi connectivity index (χ0v) is 15.4. The van der Waals surface area contributed by atoms with E-state index in [1.165, 1.54) is 11.1 Å². The van der Waals surface area contributed by atoms with E-state index in [2.05, 4.69) is 66.3 Å². The van der Waals surface area contributed by atoms with Crippen molar-refractivity contribution < 1.29 is 0 Å². The molecule has 0 aliphatic heterocycles. The lowest BCUT2D eigenvalue weighted by atomic mass is 9.99. The van der Waals surface area contributed by atoms with Gasteiger partial charge in [-0.3, -0.25) is 0 Å². The van der Waals surface area contributed by atoms with Crippen LogP contribution in [0.1, 0.15) is 43.9 Å². The second-order valence-electron chi connectivity index (χ2n) is 5.41. The van der Waals surface area contributed by atoms with Crippen molar-refractivity contribution in [2.45, 2.75) is 32.7 Å². The summed E-state index contributed by atoms with van der Waals surface area (Å²) in [5.74, 6) is 0.544. The Labute approximate surface area is 144 Å². The summed E-state index contributed by atoms with van der Waals surface area (Å²) in [6, 6.07) is 12.6. The third-order valence-electron chi connectivity index (χ3n) is 3.51. The molecule has 0 fully saturated rings. The van der Waals surface area contributed by atoms with Gasteiger partial charge < -0.3 is 5.32 Å². The van der Waals surface area contributed by atoms with Gasteiger partial charge in [0.05, 0.1) is 15.7 Å². The monoisotopic (exact) mass is 385 g/mol. The minimum Gasteiger partial charge on any atom is -0.377 e. The van der Waals surface area contributed by atoms with Crippen LogP contribution >= 0.6 is 39.1 Å². The predicted molar refractivity (Wildman–Crippen MR) is 96.7 cm³/mol. The summed E-state index contributed by atoms with van der Waals surface area (Å²) in [4.78, 5) is 0. The molecule has 112 valence electrons. The lowest BCUT2D eigenvalue weighted by Gasteiger charge is -2.18. The van der Waals surface area contributed by atoms with E-state index in [4.69, 9.17) is 23.2 Å². The van der Waals surface area contributed by atoms with Gasteiger partial charge in [-0.2, -0.15) is 0 Å². The molecule has 0 aliphatic rings. The molecular weight excluding hydrogens is 369 g/mol. The van der Waals surface area contributed by atoms with E-state index < -0.39 is 0 Å². The van der Waals surface area contributed by atoms with Crippen LogP contribution in [0.25, 0.3) is 0 Å². The lowest BCUT2D eigenvalue weighted by Crippen LogP contribution is -2.07. The molecule has 0 aliphatic carbocycles. The van der Waals surface area contributed by atoms with Crippen LogP contribution in [0.2, 0.25) is 10.0 Å². The summed E-state index contributed by atoms with van der Waals surface area (Å²) in [6.45, 7) is 6.50. The molecule has 0 radical (unpaired) electrons. The molecule has 0 bridgehead atoms. The molecule has 0 amide bonds. The van der Waals surface area contributed by atoms with Crippen LogP contribution in [-0.4, -0.2) is 0 Å². The van der Waals surface area contributed by atoms with Crippen molar-refractivity contribution in [2.24, 2.45) is 0 Å². The summed E-state index contributed by atoms with van der Waals surface area (Å²) in [5, 5.41) is 4.48. The summed E-state index contributed by atoms with van der Waals surface area (Å²) < 4.78 is 0.800. The van der Waals surface area contributed by atoms with Crippen molar-refractivity contribution >= 4 is 44.8 Å². The highest BCUT2D eigenvalue weighted by atomic mass is 79.9. The molecule has 0 heterocycles. The van der Waals surface area contributed by atoms with Crippen LogP contribution < -0.4 is 5.32 Å². The molecule has 1 N–H and O–H groups in total. The van der Waals surface area contributed by atoms with Crippen LogP contribution in [0, 0.1) is 0 Å². The summed E-state index contributed by atoms with van der Waals surface area (Å²) in [7, 11) is 0. The maximum atomic E-state index is 6.27. The van der Waals surface area contributed by atoms with Gasteiger partial charge in [-0.15, -0.1) is 0 Å². The number of hydrogen-bond donors (Lipinski definition) is 1. The Balaban J connectivity index is 2.18. The number of halogens is 3. The average Bonchev–Trinajstić information content (AvgIpc) is 2.48. The third kappa shape index (κ3) is 3.94.